The van der Waals surface area contributed by atoms with E-state index in [9.17, 15) is 9.59 Å². The smallest absolute Gasteiger partial charge is 0.410 e. The molecule has 0 spiro atoms. The number of carbonyl (C=O) groups excluding carboxylic acids is 2. The summed E-state index contributed by atoms with van der Waals surface area (Å²) in [6.45, 7) is 16.6. The highest BCUT2D eigenvalue weighted by molar-refractivity contribution is 5.95. The van der Waals surface area contributed by atoms with Crippen LogP contribution in [0.1, 0.15) is 34.6 Å². The van der Waals surface area contributed by atoms with Gasteiger partial charge >= 0.3 is 6.09 Å². The summed E-state index contributed by atoms with van der Waals surface area (Å²) in [6, 6.07) is 2.68. The number of anilines is 1. The van der Waals surface area contributed by atoms with Crippen LogP contribution in [0.5, 0.6) is 0 Å². The molecule has 6 heteroatoms. The first kappa shape index (κ1) is 18.7. The molecule has 0 fully saturated rings. The Kier molecular flexibility index (Phi) is 5.90. The largest absolute Gasteiger partial charge is 0.444 e. The van der Waals surface area contributed by atoms with Crippen molar-refractivity contribution >= 4 is 31.0 Å². The Balaban J connectivity index is 2.84. The SMILES string of the molecule is C=c1ccc(NC(=O)C(C)N(CC)C(=O)OC(C)(C)C)nc1=C. The van der Waals surface area contributed by atoms with Crippen molar-refractivity contribution in [3.05, 3.63) is 22.7 Å². The van der Waals surface area contributed by atoms with E-state index in [2.05, 4.69) is 23.5 Å². The average molecular weight is 319 g/mol. The zero-order chi connectivity index (χ0) is 17.8. The third-order valence-electron chi connectivity index (χ3n) is 3.14. The van der Waals surface area contributed by atoms with E-state index in [1.54, 1.807) is 46.8 Å². The minimum absolute atomic E-state index is 0.346. The molecule has 0 bridgehead atoms. The topological polar surface area (TPSA) is 71.5 Å². The number of hydrogen-bond acceptors (Lipinski definition) is 4. The molecule has 6 nitrogen and oxygen atoms in total. The van der Waals surface area contributed by atoms with Crippen LogP contribution in [0.15, 0.2) is 12.1 Å². The van der Waals surface area contributed by atoms with Gasteiger partial charge in [-0.15, -0.1) is 0 Å². The predicted molar refractivity (Wildman–Crippen MR) is 91.2 cm³/mol. The highest BCUT2D eigenvalue weighted by Crippen LogP contribution is 2.12. The summed E-state index contributed by atoms with van der Waals surface area (Å²) in [5, 5.41) is 3.86. The van der Waals surface area contributed by atoms with E-state index < -0.39 is 17.7 Å². The van der Waals surface area contributed by atoms with Gasteiger partial charge in [-0.2, -0.15) is 0 Å². The van der Waals surface area contributed by atoms with Crippen molar-refractivity contribution in [1.29, 1.82) is 0 Å². The number of nitrogens with zero attached hydrogens (tertiary/aromatic N) is 2. The van der Waals surface area contributed by atoms with E-state index in [-0.39, 0.29) is 5.91 Å². The summed E-state index contributed by atoms with van der Waals surface area (Å²) >= 11 is 0. The third-order valence-corrected chi connectivity index (χ3v) is 3.14. The molecule has 0 aliphatic heterocycles. The fraction of sp³-hybridized carbons (Fsp3) is 0.471. The van der Waals surface area contributed by atoms with Gasteiger partial charge in [0.2, 0.25) is 5.91 Å². The lowest BCUT2D eigenvalue weighted by atomic mass is 10.2. The monoisotopic (exact) mass is 319 g/mol. The summed E-state index contributed by atoms with van der Waals surface area (Å²) in [5.41, 5.74) is -0.616. The number of rotatable bonds is 4. The van der Waals surface area contributed by atoms with Crippen LogP contribution in [0.2, 0.25) is 0 Å². The van der Waals surface area contributed by atoms with E-state index in [0.717, 1.165) is 0 Å². The molecular formula is C17H25N3O3. The maximum absolute atomic E-state index is 12.3. The lowest BCUT2D eigenvalue weighted by molar-refractivity contribution is -0.120. The Hall–Kier alpha value is -2.37. The molecule has 126 valence electrons. The molecule has 1 aromatic rings. The maximum Gasteiger partial charge on any atom is 0.410 e. The van der Waals surface area contributed by atoms with E-state index in [4.69, 9.17) is 4.74 Å². The summed E-state index contributed by atoms with van der Waals surface area (Å²) in [7, 11) is 0. The fourth-order valence-corrected chi connectivity index (χ4v) is 1.85. The maximum atomic E-state index is 12.3. The van der Waals surface area contributed by atoms with Gasteiger partial charge in [-0.1, -0.05) is 13.2 Å². The summed E-state index contributed by atoms with van der Waals surface area (Å²) in [5.74, 6) is 0.0286. The predicted octanol–water partition coefficient (Wildman–Crippen LogP) is 1.49. The number of nitrogens with one attached hydrogen (secondary N) is 1. The highest BCUT2D eigenvalue weighted by Gasteiger charge is 2.28. The van der Waals surface area contributed by atoms with Crippen LogP contribution in [0, 0.1) is 0 Å². The average Bonchev–Trinajstić information content (AvgIpc) is 2.41. The van der Waals surface area contributed by atoms with Crippen molar-refractivity contribution < 1.29 is 14.3 Å². The molecule has 0 aromatic carbocycles. The molecule has 0 radical (unpaired) electrons. The van der Waals surface area contributed by atoms with Crippen LogP contribution in [0.25, 0.3) is 13.2 Å². The molecule has 1 N–H and O–H groups in total. The molecule has 0 saturated heterocycles. The number of hydrogen-bond donors (Lipinski definition) is 1. The van der Waals surface area contributed by atoms with Crippen LogP contribution in [-0.4, -0.2) is 40.1 Å². The normalized spacial score (nSPS) is 12.4. The van der Waals surface area contributed by atoms with Crippen molar-refractivity contribution in [3.63, 3.8) is 0 Å². The van der Waals surface area contributed by atoms with Crippen molar-refractivity contribution in [3.8, 4) is 0 Å². The van der Waals surface area contributed by atoms with Gasteiger partial charge in [-0.3, -0.25) is 9.69 Å². The molecule has 1 rings (SSSR count). The molecule has 23 heavy (non-hydrogen) atoms. The summed E-state index contributed by atoms with van der Waals surface area (Å²) in [4.78, 5) is 30.0. The van der Waals surface area contributed by atoms with Gasteiger partial charge in [0.25, 0.3) is 0 Å². The minimum Gasteiger partial charge on any atom is -0.444 e. The molecule has 1 heterocycles. The zero-order valence-electron chi connectivity index (χ0n) is 14.5. The zero-order valence-corrected chi connectivity index (χ0v) is 14.5. The van der Waals surface area contributed by atoms with Crippen LogP contribution >= 0.6 is 0 Å². The van der Waals surface area contributed by atoms with Crippen LogP contribution in [0.3, 0.4) is 0 Å². The number of likely N-dealkylation sites (N-methyl/N-ethyl adjacent to an activating group) is 1. The van der Waals surface area contributed by atoms with E-state index in [1.807, 2.05) is 0 Å². The fourth-order valence-electron chi connectivity index (χ4n) is 1.85. The molecule has 2 amide bonds. The van der Waals surface area contributed by atoms with Gasteiger partial charge in [0.15, 0.2) is 0 Å². The Bertz CT molecular complexity index is 679. The number of amides is 2. The molecular weight excluding hydrogens is 294 g/mol. The van der Waals surface area contributed by atoms with Crippen LogP contribution in [0.4, 0.5) is 10.6 Å². The van der Waals surface area contributed by atoms with Crippen molar-refractivity contribution in [1.82, 2.24) is 9.88 Å². The molecule has 0 aliphatic rings. The molecule has 0 saturated carbocycles. The van der Waals surface area contributed by atoms with Crippen molar-refractivity contribution in [2.24, 2.45) is 0 Å². The van der Waals surface area contributed by atoms with Crippen molar-refractivity contribution in [2.75, 3.05) is 11.9 Å². The lowest BCUT2D eigenvalue weighted by Crippen LogP contribution is -2.47. The number of pyridine rings is 1. The second-order valence-corrected chi connectivity index (χ2v) is 6.23. The number of aromatic nitrogens is 1. The minimum atomic E-state index is -0.690. The highest BCUT2D eigenvalue weighted by atomic mass is 16.6. The Morgan fingerprint density at radius 2 is 1.96 bits per heavy atom. The molecule has 0 aliphatic carbocycles. The van der Waals surface area contributed by atoms with Crippen LogP contribution < -0.4 is 15.9 Å². The lowest BCUT2D eigenvalue weighted by Gasteiger charge is -2.30. The van der Waals surface area contributed by atoms with Crippen molar-refractivity contribution in [2.45, 2.75) is 46.3 Å². The Morgan fingerprint density at radius 1 is 1.35 bits per heavy atom. The quantitative estimate of drug-likeness (QED) is 0.912. The Morgan fingerprint density at radius 3 is 2.43 bits per heavy atom. The van der Waals surface area contributed by atoms with E-state index in [0.29, 0.717) is 22.9 Å². The summed E-state index contributed by atoms with van der Waals surface area (Å²) < 4.78 is 5.32. The van der Waals surface area contributed by atoms with Gasteiger partial charge < -0.3 is 10.1 Å². The second kappa shape index (κ2) is 7.26. The van der Waals surface area contributed by atoms with Gasteiger partial charge in [0.05, 0.1) is 5.35 Å². The summed E-state index contributed by atoms with van der Waals surface area (Å²) in [6.07, 6.45) is -0.526. The van der Waals surface area contributed by atoms with Gasteiger partial charge in [-0.05, 0) is 52.0 Å². The van der Waals surface area contributed by atoms with Gasteiger partial charge in [0, 0.05) is 6.54 Å². The molecule has 1 aromatic heterocycles. The number of ether oxygens (including phenoxy) is 1. The first-order chi connectivity index (χ1) is 10.5. The molecule has 1 unspecified atom stereocenters. The van der Waals surface area contributed by atoms with Gasteiger partial charge in [-0.25, -0.2) is 9.78 Å². The van der Waals surface area contributed by atoms with Crippen LogP contribution in [-0.2, 0) is 9.53 Å². The van der Waals surface area contributed by atoms with Gasteiger partial charge in [0.1, 0.15) is 17.5 Å². The number of carbonyl (C=O) groups is 2. The third kappa shape index (κ3) is 5.39. The van der Waals surface area contributed by atoms with E-state index in [1.165, 1.54) is 4.90 Å². The standard InChI is InChI=1S/C17H25N3O3/c1-8-20(16(22)23-17(5,6)7)13(4)15(21)19-14-10-9-11(2)12(3)18-14/h9-10,13H,2-3,8H2,1,4-7H3,(H,18,19,21). The Labute approximate surface area is 136 Å². The molecule has 1 atom stereocenters. The second-order valence-electron chi connectivity index (χ2n) is 6.23. The first-order valence-corrected chi connectivity index (χ1v) is 7.50. The first-order valence-electron chi connectivity index (χ1n) is 7.50. The van der Waals surface area contributed by atoms with E-state index >= 15 is 0 Å².